The van der Waals surface area contributed by atoms with Gasteiger partial charge in [0.05, 0.1) is 0 Å². The number of hydrogen-bond acceptors (Lipinski definition) is 1. The smallest absolute Gasteiger partial charge is 0.0233 e. The van der Waals surface area contributed by atoms with E-state index >= 15 is 0 Å². The van der Waals surface area contributed by atoms with E-state index in [1.807, 2.05) is 0 Å². The predicted molar refractivity (Wildman–Crippen MR) is 61.3 cm³/mol. The van der Waals surface area contributed by atoms with Crippen LogP contribution in [-0.2, 0) is 6.54 Å². The quantitative estimate of drug-likeness (QED) is 0.659. The summed E-state index contributed by atoms with van der Waals surface area (Å²) >= 11 is 0. The topological polar surface area (TPSA) is 3.24 Å². The second kappa shape index (κ2) is 6.62. The first kappa shape index (κ1) is 12.3. The summed E-state index contributed by atoms with van der Waals surface area (Å²) < 4.78 is 0. The maximum absolute atomic E-state index is 2.55. The minimum absolute atomic E-state index is 0. The Morgan fingerprint density at radius 2 is 1.57 bits per heavy atom. The Morgan fingerprint density at radius 1 is 0.929 bits per heavy atom. The normalized spacial score (nSPS) is 17.4. The zero-order chi connectivity index (χ0) is 8.93. The van der Waals surface area contributed by atoms with Gasteiger partial charge in [-0.1, -0.05) is 36.8 Å². The van der Waals surface area contributed by atoms with Gasteiger partial charge in [0.15, 0.2) is 0 Å². The molecule has 2 rings (SSSR count). The third kappa shape index (κ3) is 3.74. The molecule has 1 nitrogen and oxygen atoms in total. The maximum atomic E-state index is 2.55. The molecule has 1 aromatic carbocycles. The van der Waals surface area contributed by atoms with E-state index in [0.717, 1.165) is 6.54 Å². The van der Waals surface area contributed by atoms with E-state index in [2.05, 4.69) is 35.2 Å². The van der Waals surface area contributed by atoms with Crippen molar-refractivity contribution in [3.05, 3.63) is 35.9 Å². The van der Waals surface area contributed by atoms with Crippen molar-refractivity contribution in [2.24, 2.45) is 0 Å². The first-order valence-electron chi connectivity index (χ1n) is 5.21. The molecule has 1 aromatic rings. The summed E-state index contributed by atoms with van der Waals surface area (Å²) in [5, 5.41) is 0. The first-order valence-corrected chi connectivity index (χ1v) is 5.21. The molecular weight excluding hydrogens is 181 g/mol. The van der Waals surface area contributed by atoms with E-state index in [4.69, 9.17) is 0 Å². The van der Waals surface area contributed by atoms with Gasteiger partial charge in [-0.15, -0.1) is 0 Å². The van der Waals surface area contributed by atoms with Gasteiger partial charge in [-0.2, -0.15) is 0 Å². The molecule has 1 fully saturated rings. The molecule has 1 aliphatic heterocycles. The van der Waals surface area contributed by atoms with Crippen LogP contribution in [0.5, 0.6) is 0 Å². The minimum atomic E-state index is 0. The van der Waals surface area contributed by atoms with Crippen molar-refractivity contribution in [3.63, 3.8) is 0 Å². The molecule has 14 heavy (non-hydrogen) atoms. The second-order valence-corrected chi connectivity index (χ2v) is 3.82. The molecule has 1 heterocycles. The average Bonchev–Trinajstić information content (AvgIpc) is 2.21. The van der Waals surface area contributed by atoms with Crippen molar-refractivity contribution in [3.8, 4) is 0 Å². The number of rotatable bonds is 2. The summed E-state index contributed by atoms with van der Waals surface area (Å²) in [5.74, 6) is 0. The molecule has 0 spiro atoms. The van der Waals surface area contributed by atoms with Crippen LogP contribution in [0.3, 0.4) is 0 Å². The van der Waals surface area contributed by atoms with Crippen molar-refractivity contribution >= 4 is 29.6 Å². The molecule has 1 saturated heterocycles. The Morgan fingerprint density at radius 3 is 2.21 bits per heavy atom. The van der Waals surface area contributed by atoms with Crippen molar-refractivity contribution in [1.82, 2.24) is 4.90 Å². The van der Waals surface area contributed by atoms with Crippen LogP contribution in [0, 0.1) is 0 Å². The van der Waals surface area contributed by atoms with Crippen molar-refractivity contribution in [1.29, 1.82) is 0 Å². The van der Waals surface area contributed by atoms with Gasteiger partial charge >= 0.3 is 0 Å². The molecule has 0 saturated carbocycles. The number of nitrogens with zero attached hydrogens (tertiary/aromatic N) is 1. The van der Waals surface area contributed by atoms with E-state index in [1.165, 1.54) is 37.9 Å². The minimum Gasteiger partial charge on any atom is -0.299 e. The van der Waals surface area contributed by atoms with E-state index in [9.17, 15) is 0 Å². The Kier molecular flexibility index (Phi) is 5.80. The van der Waals surface area contributed by atoms with Crippen molar-refractivity contribution < 1.29 is 0 Å². The molecule has 0 atom stereocenters. The van der Waals surface area contributed by atoms with Crippen molar-refractivity contribution in [2.75, 3.05) is 13.1 Å². The number of benzene rings is 1. The molecule has 2 heteroatoms. The molecule has 0 bridgehead atoms. The predicted octanol–water partition coefficient (Wildman–Crippen LogP) is 2.29. The van der Waals surface area contributed by atoms with Gasteiger partial charge in [0.2, 0.25) is 0 Å². The molecular formula is C12H17NNa. The monoisotopic (exact) mass is 198 g/mol. The Hall–Kier alpha value is 0.180. The standard InChI is InChI=1S/C12H17N.Na/c1-3-7-12(8-4-1)11-13-9-5-2-6-10-13;/h1,3-4,7-8H,2,5-6,9-11H2;. The third-order valence-electron chi connectivity index (χ3n) is 2.70. The van der Waals surface area contributed by atoms with Crippen LogP contribution >= 0.6 is 0 Å². The van der Waals surface area contributed by atoms with Crippen LogP contribution in [-0.4, -0.2) is 47.5 Å². The van der Waals surface area contributed by atoms with Gasteiger partial charge in [-0.25, -0.2) is 0 Å². The van der Waals surface area contributed by atoms with Gasteiger partial charge in [0.1, 0.15) is 0 Å². The average molecular weight is 198 g/mol. The van der Waals surface area contributed by atoms with E-state index in [1.54, 1.807) is 0 Å². The Balaban J connectivity index is 0.000000980. The zero-order valence-corrected chi connectivity index (χ0v) is 11.1. The van der Waals surface area contributed by atoms with Crippen molar-refractivity contribution in [2.45, 2.75) is 25.8 Å². The third-order valence-corrected chi connectivity index (χ3v) is 2.70. The summed E-state index contributed by atoms with van der Waals surface area (Å²) in [6.45, 7) is 3.71. The number of piperidine rings is 1. The zero-order valence-electron chi connectivity index (χ0n) is 9.08. The Labute approximate surface area is 109 Å². The van der Waals surface area contributed by atoms with Crippen LogP contribution in [0.15, 0.2) is 30.3 Å². The molecule has 0 aliphatic carbocycles. The van der Waals surface area contributed by atoms with Crippen LogP contribution in [0.2, 0.25) is 0 Å². The number of likely N-dealkylation sites (tertiary alicyclic amines) is 1. The molecule has 1 aliphatic rings. The summed E-state index contributed by atoms with van der Waals surface area (Å²) in [5.41, 5.74) is 1.45. The molecule has 1 radical (unpaired) electrons. The van der Waals surface area contributed by atoms with Gasteiger partial charge in [0, 0.05) is 36.1 Å². The summed E-state index contributed by atoms with van der Waals surface area (Å²) in [7, 11) is 0. The maximum Gasteiger partial charge on any atom is 0.0233 e. The fourth-order valence-electron chi connectivity index (χ4n) is 1.96. The van der Waals surface area contributed by atoms with Gasteiger partial charge in [-0.05, 0) is 31.5 Å². The van der Waals surface area contributed by atoms with Gasteiger partial charge in [-0.3, -0.25) is 4.90 Å². The molecule has 0 amide bonds. The molecule has 0 aromatic heterocycles. The fraction of sp³-hybridized carbons (Fsp3) is 0.500. The van der Waals surface area contributed by atoms with E-state index < -0.39 is 0 Å². The molecule has 0 unspecified atom stereocenters. The van der Waals surface area contributed by atoms with Crippen LogP contribution in [0.25, 0.3) is 0 Å². The SMILES string of the molecule is [Na].c1ccc(CN2CCCCC2)cc1. The van der Waals surface area contributed by atoms with E-state index in [-0.39, 0.29) is 29.6 Å². The van der Waals surface area contributed by atoms with Crippen LogP contribution in [0.4, 0.5) is 0 Å². The molecule has 0 N–H and O–H groups in total. The number of hydrogen-bond donors (Lipinski definition) is 0. The van der Waals surface area contributed by atoms with Crippen LogP contribution < -0.4 is 0 Å². The van der Waals surface area contributed by atoms with Gasteiger partial charge < -0.3 is 0 Å². The van der Waals surface area contributed by atoms with Crippen LogP contribution in [0.1, 0.15) is 24.8 Å². The molecule has 71 valence electrons. The first-order chi connectivity index (χ1) is 6.45. The summed E-state index contributed by atoms with van der Waals surface area (Å²) in [6, 6.07) is 10.8. The fourth-order valence-corrected chi connectivity index (χ4v) is 1.96. The summed E-state index contributed by atoms with van der Waals surface area (Å²) in [4.78, 5) is 2.55. The summed E-state index contributed by atoms with van der Waals surface area (Å²) in [6.07, 6.45) is 4.19. The Bertz CT molecular complexity index is 242. The second-order valence-electron chi connectivity index (χ2n) is 3.82. The van der Waals surface area contributed by atoms with E-state index in [0.29, 0.717) is 0 Å². The van der Waals surface area contributed by atoms with Gasteiger partial charge in [0.25, 0.3) is 0 Å². The largest absolute Gasteiger partial charge is 0.299 e.